The van der Waals surface area contributed by atoms with E-state index in [2.05, 4.69) is 20.9 Å². The molecule has 3 aromatic rings. The summed E-state index contributed by atoms with van der Waals surface area (Å²) in [7, 11) is 0. The maximum Gasteiger partial charge on any atom is 0.144 e. The molecule has 108 valence electrons. The number of aryl methyl sites for hydroxylation is 1. The van der Waals surface area contributed by atoms with Crippen molar-refractivity contribution in [3.8, 4) is 5.69 Å². The number of imidazole rings is 1. The van der Waals surface area contributed by atoms with E-state index in [0.29, 0.717) is 16.9 Å². The lowest BCUT2D eigenvalue weighted by atomic mass is 10.2. The summed E-state index contributed by atoms with van der Waals surface area (Å²) >= 11 is 15.4. The Morgan fingerprint density at radius 1 is 1.33 bits per heavy atom. The quantitative estimate of drug-likeness (QED) is 0.521. The molecule has 0 amide bonds. The van der Waals surface area contributed by atoms with Gasteiger partial charge in [-0.3, -0.25) is 4.57 Å². The number of hydrogen-bond acceptors (Lipinski definition) is 1. The largest absolute Gasteiger partial charge is 0.294 e. The van der Waals surface area contributed by atoms with Gasteiger partial charge in [0.2, 0.25) is 0 Å². The van der Waals surface area contributed by atoms with E-state index >= 15 is 0 Å². The Labute approximate surface area is 139 Å². The minimum Gasteiger partial charge on any atom is -0.294 e. The highest BCUT2D eigenvalue weighted by atomic mass is 79.9. The van der Waals surface area contributed by atoms with Crippen LogP contribution in [0, 0.1) is 12.7 Å². The molecule has 6 heteroatoms. The molecule has 0 aliphatic carbocycles. The van der Waals surface area contributed by atoms with Crippen molar-refractivity contribution in [2.45, 2.75) is 12.8 Å². The van der Waals surface area contributed by atoms with Crippen LogP contribution >= 0.6 is 39.1 Å². The molecule has 0 saturated carbocycles. The maximum atomic E-state index is 13.8. The fourth-order valence-corrected chi connectivity index (χ4v) is 3.06. The minimum absolute atomic E-state index is 0.0524. The summed E-state index contributed by atoms with van der Waals surface area (Å²) in [5.74, 6) is 0.378. The third-order valence-electron chi connectivity index (χ3n) is 3.30. The molecule has 0 atom stereocenters. The summed E-state index contributed by atoms with van der Waals surface area (Å²) in [6.07, 6.45) is 0. The lowest BCUT2D eigenvalue weighted by molar-refractivity contribution is 0.629. The number of nitrogens with zero attached hydrogens (tertiary/aromatic N) is 2. The smallest absolute Gasteiger partial charge is 0.144 e. The van der Waals surface area contributed by atoms with E-state index in [4.69, 9.17) is 23.2 Å². The molecule has 2 nitrogen and oxygen atoms in total. The van der Waals surface area contributed by atoms with Gasteiger partial charge in [-0.2, -0.15) is 0 Å². The molecular weight excluding hydrogens is 378 g/mol. The SMILES string of the molecule is Cc1cccc(-n2c(CCl)nc3cc(Cl)c(F)cc32)c1Br. The Balaban J connectivity index is 2.40. The fraction of sp³-hybridized carbons (Fsp3) is 0.133. The molecule has 0 aliphatic heterocycles. The van der Waals surface area contributed by atoms with E-state index < -0.39 is 5.82 Å². The van der Waals surface area contributed by atoms with Crippen molar-refractivity contribution in [3.63, 3.8) is 0 Å². The third kappa shape index (κ3) is 2.45. The highest BCUT2D eigenvalue weighted by Gasteiger charge is 2.16. The highest BCUT2D eigenvalue weighted by molar-refractivity contribution is 9.10. The second kappa shape index (κ2) is 5.59. The summed E-state index contributed by atoms with van der Waals surface area (Å²) in [5.41, 5.74) is 3.20. The van der Waals surface area contributed by atoms with Crippen LogP contribution in [0.3, 0.4) is 0 Å². The van der Waals surface area contributed by atoms with Crippen molar-refractivity contribution in [3.05, 3.63) is 57.0 Å². The topological polar surface area (TPSA) is 17.8 Å². The zero-order chi connectivity index (χ0) is 15.1. The van der Waals surface area contributed by atoms with Gasteiger partial charge < -0.3 is 0 Å². The number of alkyl halides is 1. The summed E-state index contributed by atoms with van der Waals surface area (Å²) in [4.78, 5) is 4.44. The molecule has 0 saturated heterocycles. The first-order chi connectivity index (χ1) is 10.0. The average Bonchev–Trinajstić information content (AvgIpc) is 2.80. The zero-order valence-corrected chi connectivity index (χ0v) is 14.1. The van der Waals surface area contributed by atoms with Gasteiger partial charge in [0.05, 0.1) is 27.6 Å². The summed E-state index contributed by atoms with van der Waals surface area (Å²) in [5, 5.41) is 0.0524. The molecule has 3 rings (SSSR count). The van der Waals surface area contributed by atoms with Crippen LogP contribution in [0.5, 0.6) is 0 Å². The Morgan fingerprint density at radius 3 is 2.81 bits per heavy atom. The molecule has 0 spiro atoms. The fourth-order valence-electron chi connectivity index (χ4n) is 2.29. The van der Waals surface area contributed by atoms with Gasteiger partial charge in [-0.25, -0.2) is 9.37 Å². The van der Waals surface area contributed by atoms with Crippen LogP contribution < -0.4 is 0 Å². The van der Waals surface area contributed by atoms with Crippen LogP contribution in [0.1, 0.15) is 11.4 Å². The van der Waals surface area contributed by atoms with Gasteiger partial charge >= 0.3 is 0 Å². The van der Waals surface area contributed by atoms with Crippen molar-refractivity contribution in [2.75, 3.05) is 0 Å². The van der Waals surface area contributed by atoms with Crippen molar-refractivity contribution in [2.24, 2.45) is 0 Å². The van der Waals surface area contributed by atoms with E-state index in [0.717, 1.165) is 15.7 Å². The van der Waals surface area contributed by atoms with Gasteiger partial charge in [0, 0.05) is 10.5 Å². The number of halogens is 4. The van der Waals surface area contributed by atoms with Gasteiger partial charge in [0.15, 0.2) is 0 Å². The molecule has 0 fully saturated rings. The van der Waals surface area contributed by atoms with Crippen molar-refractivity contribution in [1.29, 1.82) is 0 Å². The second-order valence-corrected chi connectivity index (χ2v) is 6.13. The Bertz CT molecular complexity index is 845. The van der Waals surface area contributed by atoms with E-state index in [1.807, 2.05) is 29.7 Å². The lowest BCUT2D eigenvalue weighted by Crippen LogP contribution is -2.01. The summed E-state index contributed by atoms with van der Waals surface area (Å²) in [6.45, 7) is 1.99. The van der Waals surface area contributed by atoms with Gasteiger partial charge in [0.1, 0.15) is 11.6 Å². The third-order valence-corrected chi connectivity index (χ3v) is 4.86. The normalized spacial score (nSPS) is 11.3. The molecule has 1 aromatic heterocycles. The highest BCUT2D eigenvalue weighted by Crippen LogP contribution is 2.31. The van der Waals surface area contributed by atoms with Crippen molar-refractivity contribution in [1.82, 2.24) is 9.55 Å². The number of rotatable bonds is 2. The molecule has 21 heavy (non-hydrogen) atoms. The van der Waals surface area contributed by atoms with Gasteiger partial charge in [-0.05, 0) is 40.5 Å². The van der Waals surface area contributed by atoms with Crippen LogP contribution in [0.15, 0.2) is 34.8 Å². The Hall–Kier alpha value is -1.10. The monoisotopic (exact) mass is 386 g/mol. The van der Waals surface area contributed by atoms with E-state index in [1.165, 1.54) is 12.1 Å². The van der Waals surface area contributed by atoms with E-state index in [-0.39, 0.29) is 10.9 Å². The lowest BCUT2D eigenvalue weighted by Gasteiger charge is -2.12. The standard InChI is InChI=1S/C15H10BrCl2FN2/c1-8-3-2-4-12(15(8)16)21-13-6-10(19)9(18)5-11(13)20-14(21)7-17/h2-6H,7H2,1H3. The number of aromatic nitrogens is 2. The molecule has 0 N–H and O–H groups in total. The van der Waals surface area contributed by atoms with E-state index in [1.54, 1.807) is 0 Å². The van der Waals surface area contributed by atoms with Gasteiger partial charge in [0.25, 0.3) is 0 Å². The van der Waals surface area contributed by atoms with Crippen LogP contribution in [0.2, 0.25) is 5.02 Å². The van der Waals surface area contributed by atoms with Crippen molar-refractivity contribution < 1.29 is 4.39 Å². The predicted octanol–water partition coefficient (Wildman–Crippen LogP) is 5.63. The second-order valence-electron chi connectivity index (χ2n) is 4.66. The number of hydrogen-bond donors (Lipinski definition) is 0. The molecule has 1 heterocycles. The Kier molecular flexibility index (Phi) is 3.95. The predicted molar refractivity (Wildman–Crippen MR) is 88.0 cm³/mol. The number of fused-ring (bicyclic) bond motifs is 1. The first kappa shape index (κ1) is 14.8. The Morgan fingerprint density at radius 2 is 2.10 bits per heavy atom. The molecule has 0 bridgehead atoms. The molecular formula is C15H10BrCl2FN2. The van der Waals surface area contributed by atoms with Crippen LogP contribution in [-0.4, -0.2) is 9.55 Å². The van der Waals surface area contributed by atoms with Crippen LogP contribution in [-0.2, 0) is 5.88 Å². The molecule has 0 aliphatic rings. The van der Waals surface area contributed by atoms with Crippen LogP contribution in [0.4, 0.5) is 4.39 Å². The minimum atomic E-state index is -0.477. The average molecular weight is 388 g/mol. The zero-order valence-electron chi connectivity index (χ0n) is 11.0. The molecule has 2 aromatic carbocycles. The molecule has 0 radical (unpaired) electrons. The first-order valence-corrected chi connectivity index (χ1v) is 7.91. The van der Waals surface area contributed by atoms with Gasteiger partial charge in [-0.1, -0.05) is 23.7 Å². The van der Waals surface area contributed by atoms with E-state index in [9.17, 15) is 4.39 Å². The first-order valence-electron chi connectivity index (χ1n) is 6.20. The molecule has 0 unspecified atom stereocenters. The van der Waals surface area contributed by atoms with Crippen molar-refractivity contribution >= 4 is 50.2 Å². The maximum absolute atomic E-state index is 13.8. The summed E-state index contributed by atoms with van der Waals surface area (Å²) < 4.78 is 16.6. The van der Waals surface area contributed by atoms with Gasteiger partial charge in [-0.15, -0.1) is 11.6 Å². The number of benzene rings is 2. The summed E-state index contributed by atoms with van der Waals surface area (Å²) in [6, 6.07) is 8.76. The van der Waals surface area contributed by atoms with Crippen LogP contribution in [0.25, 0.3) is 16.7 Å².